The number of piperidine rings is 1. The van der Waals surface area contributed by atoms with Crippen molar-refractivity contribution in [3.8, 4) is 0 Å². The second kappa shape index (κ2) is 8.49. The molecule has 1 saturated carbocycles. The summed E-state index contributed by atoms with van der Waals surface area (Å²) in [5, 5.41) is 2.99. The Morgan fingerprint density at radius 2 is 1.92 bits per heavy atom. The van der Waals surface area contributed by atoms with Crippen molar-refractivity contribution in [2.75, 3.05) is 18.0 Å². The number of amides is 2. The molecule has 24 heavy (non-hydrogen) atoms. The average Bonchev–Trinajstić information content (AvgIpc) is 3.06. The molecule has 132 valence electrons. The van der Waals surface area contributed by atoms with E-state index in [1.807, 2.05) is 30.3 Å². The van der Waals surface area contributed by atoms with Gasteiger partial charge in [0.2, 0.25) is 11.8 Å². The molecule has 5 nitrogen and oxygen atoms in total. The first-order valence-corrected chi connectivity index (χ1v) is 8.57. The zero-order valence-corrected chi connectivity index (χ0v) is 14.6. The fraction of sp³-hybridized carbons (Fsp3) is 0.556. The number of hydrogen-bond acceptors (Lipinski definition) is 3. The Bertz CT molecular complexity index is 567. The largest absolute Gasteiger partial charge is 0.344 e. The van der Waals surface area contributed by atoms with Gasteiger partial charge in [0.1, 0.15) is 6.04 Å². The summed E-state index contributed by atoms with van der Waals surface area (Å²) < 4.78 is 0. The van der Waals surface area contributed by atoms with Crippen LogP contribution in [0.15, 0.2) is 30.3 Å². The first-order valence-electron chi connectivity index (χ1n) is 8.57. The van der Waals surface area contributed by atoms with Crippen molar-refractivity contribution in [3.63, 3.8) is 0 Å². The predicted molar refractivity (Wildman–Crippen MR) is 97.1 cm³/mol. The predicted octanol–water partition coefficient (Wildman–Crippen LogP) is 2.09. The number of carbonyl (C=O) groups is 2. The molecule has 1 aliphatic carbocycles. The van der Waals surface area contributed by atoms with Gasteiger partial charge in [-0.15, -0.1) is 12.4 Å². The minimum absolute atomic E-state index is 0. The molecule has 1 aliphatic heterocycles. The smallest absolute Gasteiger partial charge is 0.249 e. The molecule has 0 aromatic heterocycles. The summed E-state index contributed by atoms with van der Waals surface area (Å²) in [5.74, 6) is 0.239. The van der Waals surface area contributed by atoms with Crippen LogP contribution < -0.4 is 16.0 Å². The molecule has 3 N–H and O–H groups in total. The highest BCUT2D eigenvalue weighted by Crippen LogP contribution is 2.31. The molecule has 3 rings (SSSR count). The van der Waals surface area contributed by atoms with Gasteiger partial charge < -0.3 is 16.0 Å². The van der Waals surface area contributed by atoms with Crippen LogP contribution in [0.3, 0.4) is 0 Å². The second-order valence-electron chi connectivity index (χ2n) is 6.56. The standard InChI is InChI=1S/C18H25N3O2.ClH/c19-12-13-6-4-9-15(13)17(22)20-16-10-5-11-21(18(16)23)14-7-2-1-3-8-14;/h1-3,7-8,13,15-16H,4-6,9-12,19H2,(H,20,22);1H/t13-,15-,16?;/m1./s1. The summed E-state index contributed by atoms with van der Waals surface area (Å²) in [6.45, 7) is 1.26. The van der Waals surface area contributed by atoms with Gasteiger partial charge in [0.15, 0.2) is 0 Å². The van der Waals surface area contributed by atoms with E-state index in [4.69, 9.17) is 5.73 Å². The van der Waals surface area contributed by atoms with Gasteiger partial charge in [-0.05, 0) is 50.3 Å². The molecular weight excluding hydrogens is 326 g/mol. The van der Waals surface area contributed by atoms with Gasteiger partial charge in [-0.3, -0.25) is 9.59 Å². The number of nitrogens with two attached hydrogens (primary N) is 1. The second-order valence-corrected chi connectivity index (χ2v) is 6.56. The summed E-state index contributed by atoms with van der Waals surface area (Å²) in [7, 11) is 0. The summed E-state index contributed by atoms with van der Waals surface area (Å²) in [4.78, 5) is 27.0. The van der Waals surface area contributed by atoms with Gasteiger partial charge >= 0.3 is 0 Å². The lowest BCUT2D eigenvalue weighted by atomic mass is 9.94. The van der Waals surface area contributed by atoms with Crippen molar-refractivity contribution >= 4 is 29.9 Å². The van der Waals surface area contributed by atoms with Gasteiger partial charge in [-0.2, -0.15) is 0 Å². The molecule has 1 aromatic carbocycles. The number of halogens is 1. The van der Waals surface area contributed by atoms with E-state index >= 15 is 0 Å². The topological polar surface area (TPSA) is 75.4 Å². The van der Waals surface area contributed by atoms with Gasteiger partial charge in [0.25, 0.3) is 0 Å². The summed E-state index contributed by atoms with van der Waals surface area (Å²) in [5.41, 5.74) is 6.67. The number of hydrogen-bond donors (Lipinski definition) is 2. The molecule has 0 bridgehead atoms. The number of rotatable bonds is 4. The maximum Gasteiger partial charge on any atom is 0.249 e. The maximum atomic E-state index is 12.7. The molecule has 1 unspecified atom stereocenters. The van der Waals surface area contributed by atoms with Crippen molar-refractivity contribution in [1.29, 1.82) is 0 Å². The van der Waals surface area contributed by atoms with Gasteiger partial charge in [-0.1, -0.05) is 24.6 Å². The van der Waals surface area contributed by atoms with Crippen molar-refractivity contribution < 1.29 is 9.59 Å². The van der Waals surface area contributed by atoms with Gasteiger partial charge in [0.05, 0.1) is 0 Å². The number of para-hydroxylation sites is 1. The first-order chi connectivity index (χ1) is 11.2. The molecular formula is C18H26ClN3O2. The Labute approximate surface area is 149 Å². The highest BCUT2D eigenvalue weighted by atomic mass is 35.5. The van der Waals surface area contributed by atoms with E-state index in [2.05, 4.69) is 5.32 Å². The van der Waals surface area contributed by atoms with E-state index in [9.17, 15) is 9.59 Å². The Hall–Kier alpha value is -1.59. The molecule has 6 heteroatoms. The zero-order chi connectivity index (χ0) is 16.2. The van der Waals surface area contributed by atoms with Crippen LogP contribution in [-0.2, 0) is 9.59 Å². The van der Waals surface area contributed by atoms with E-state index in [0.29, 0.717) is 19.5 Å². The molecule has 1 aromatic rings. The van der Waals surface area contributed by atoms with Crippen molar-refractivity contribution in [2.45, 2.75) is 38.1 Å². The molecule has 1 heterocycles. The Balaban J connectivity index is 0.00000208. The third-order valence-electron chi connectivity index (χ3n) is 5.12. The monoisotopic (exact) mass is 351 g/mol. The Morgan fingerprint density at radius 3 is 2.62 bits per heavy atom. The number of carbonyl (C=O) groups excluding carboxylic acids is 2. The minimum Gasteiger partial charge on any atom is -0.344 e. The third kappa shape index (κ3) is 3.90. The SMILES string of the molecule is Cl.NC[C@H]1CCC[C@H]1C(=O)NC1CCCN(c2ccccc2)C1=O. The van der Waals surface area contributed by atoms with E-state index in [-0.39, 0.29) is 36.1 Å². The van der Waals surface area contributed by atoms with Crippen LogP contribution in [0.4, 0.5) is 5.69 Å². The van der Waals surface area contributed by atoms with E-state index < -0.39 is 6.04 Å². The maximum absolute atomic E-state index is 12.7. The Morgan fingerprint density at radius 1 is 1.17 bits per heavy atom. The highest BCUT2D eigenvalue weighted by Gasteiger charge is 2.36. The van der Waals surface area contributed by atoms with Crippen molar-refractivity contribution in [2.24, 2.45) is 17.6 Å². The van der Waals surface area contributed by atoms with Crippen LogP contribution in [0.25, 0.3) is 0 Å². The number of nitrogens with one attached hydrogen (secondary N) is 1. The Kier molecular flexibility index (Phi) is 6.63. The van der Waals surface area contributed by atoms with Gasteiger partial charge in [0, 0.05) is 18.2 Å². The molecule has 2 fully saturated rings. The summed E-state index contributed by atoms with van der Waals surface area (Å²) in [6.07, 6.45) is 4.57. The number of anilines is 1. The lowest BCUT2D eigenvalue weighted by Crippen LogP contribution is -2.54. The average molecular weight is 352 g/mol. The summed E-state index contributed by atoms with van der Waals surface area (Å²) >= 11 is 0. The van der Waals surface area contributed by atoms with Crippen LogP contribution in [0.5, 0.6) is 0 Å². The summed E-state index contributed by atoms with van der Waals surface area (Å²) in [6, 6.07) is 9.25. The van der Waals surface area contributed by atoms with Crippen LogP contribution in [-0.4, -0.2) is 30.9 Å². The van der Waals surface area contributed by atoms with Crippen molar-refractivity contribution in [3.05, 3.63) is 30.3 Å². The normalized spacial score (nSPS) is 26.8. The number of benzene rings is 1. The lowest BCUT2D eigenvalue weighted by Gasteiger charge is -2.33. The molecule has 2 amide bonds. The van der Waals surface area contributed by atoms with Crippen LogP contribution in [0.1, 0.15) is 32.1 Å². The molecule has 0 spiro atoms. The zero-order valence-electron chi connectivity index (χ0n) is 13.8. The molecule has 1 saturated heterocycles. The van der Waals surface area contributed by atoms with Crippen LogP contribution >= 0.6 is 12.4 Å². The number of nitrogens with zero attached hydrogens (tertiary/aromatic N) is 1. The van der Waals surface area contributed by atoms with E-state index in [1.165, 1.54) is 0 Å². The van der Waals surface area contributed by atoms with Crippen molar-refractivity contribution in [1.82, 2.24) is 5.32 Å². The lowest BCUT2D eigenvalue weighted by molar-refractivity contribution is -0.131. The molecule has 2 aliphatic rings. The van der Waals surface area contributed by atoms with Crippen LogP contribution in [0.2, 0.25) is 0 Å². The van der Waals surface area contributed by atoms with Gasteiger partial charge in [-0.25, -0.2) is 0 Å². The highest BCUT2D eigenvalue weighted by molar-refractivity contribution is 6.00. The fourth-order valence-corrected chi connectivity index (χ4v) is 3.82. The van der Waals surface area contributed by atoms with E-state index in [1.54, 1.807) is 4.90 Å². The van der Waals surface area contributed by atoms with Crippen LogP contribution in [0, 0.1) is 11.8 Å². The van der Waals surface area contributed by atoms with E-state index in [0.717, 1.165) is 31.4 Å². The fourth-order valence-electron chi connectivity index (χ4n) is 3.82. The quantitative estimate of drug-likeness (QED) is 0.872. The molecule has 0 radical (unpaired) electrons. The first kappa shape index (κ1) is 18.7. The molecule has 3 atom stereocenters. The third-order valence-corrected chi connectivity index (χ3v) is 5.12. The minimum atomic E-state index is -0.407.